The highest BCUT2D eigenvalue weighted by Crippen LogP contribution is 2.13. The monoisotopic (exact) mass is 287 g/mol. The lowest BCUT2D eigenvalue weighted by Crippen LogP contribution is -2.11. The van der Waals surface area contributed by atoms with Gasteiger partial charge in [0.1, 0.15) is 11.6 Å². The lowest BCUT2D eigenvalue weighted by molar-refractivity contribution is -0.116. The number of carbonyl (C=O) groups excluding carboxylic acids is 1. The minimum absolute atomic E-state index is 0.0219. The van der Waals surface area contributed by atoms with Crippen molar-refractivity contribution in [2.75, 3.05) is 10.6 Å². The summed E-state index contributed by atoms with van der Waals surface area (Å²) in [5, 5.41) is 5.81. The second-order valence-corrected chi connectivity index (χ2v) is 4.68. The number of amides is 1. The highest BCUT2D eigenvalue weighted by molar-refractivity contribution is 5.90. The zero-order valence-corrected chi connectivity index (χ0v) is 11.9. The number of rotatable bonds is 6. The van der Waals surface area contributed by atoms with Crippen LogP contribution in [0, 0.1) is 5.82 Å². The van der Waals surface area contributed by atoms with Crippen molar-refractivity contribution in [1.29, 1.82) is 0 Å². The Morgan fingerprint density at radius 1 is 1.24 bits per heavy atom. The highest BCUT2D eigenvalue weighted by Gasteiger charge is 2.03. The van der Waals surface area contributed by atoms with Crippen LogP contribution in [-0.4, -0.2) is 10.9 Å². The summed E-state index contributed by atoms with van der Waals surface area (Å²) in [7, 11) is 0. The van der Waals surface area contributed by atoms with Crippen LogP contribution in [0.2, 0.25) is 0 Å². The van der Waals surface area contributed by atoms with Crippen molar-refractivity contribution >= 4 is 17.4 Å². The van der Waals surface area contributed by atoms with Gasteiger partial charge in [-0.05, 0) is 24.6 Å². The summed E-state index contributed by atoms with van der Waals surface area (Å²) in [6, 6.07) is 10.1. The molecule has 0 aliphatic carbocycles. The van der Waals surface area contributed by atoms with Crippen LogP contribution in [-0.2, 0) is 11.3 Å². The summed E-state index contributed by atoms with van der Waals surface area (Å²) in [5.74, 6) is 0.367. The number of carbonyl (C=O) groups is 1. The first-order valence-electron chi connectivity index (χ1n) is 6.92. The Balaban J connectivity index is 1.91. The standard InChI is InChI=1S/C16H18FN3O/c1-2-5-16(21)20-13-8-9-15(19-11-13)18-10-12-6-3-4-7-14(12)17/h3-4,6-9,11H,2,5,10H2,1H3,(H,18,19)(H,20,21). The number of anilines is 2. The van der Waals surface area contributed by atoms with Gasteiger partial charge in [-0.15, -0.1) is 0 Å². The smallest absolute Gasteiger partial charge is 0.224 e. The maximum atomic E-state index is 13.5. The first-order valence-corrected chi connectivity index (χ1v) is 6.92. The molecule has 0 saturated carbocycles. The predicted molar refractivity (Wildman–Crippen MR) is 81.5 cm³/mol. The van der Waals surface area contributed by atoms with Crippen LogP contribution in [0.5, 0.6) is 0 Å². The number of hydrogen-bond acceptors (Lipinski definition) is 3. The average Bonchev–Trinajstić information content (AvgIpc) is 2.48. The molecule has 2 rings (SSSR count). The number of nitrogens with one attached hydrogen (secondary N) is 2. The van der Waals surface area contributed by atoms with Crippen molar-refractivity contribution in [3.63, 3.8) is 0 Å². The van der Waals surface area contributed by atoms with E-state index in [-0.39, 0.29) is 11.7 Å². The second kappa shape index (κ2) is 7.38. The molecule has 0 aliphatic rings. The molecular weight excluding hydrogens is 269 g/mol. The maximum Gasteiger partial charge on any atom is 0.224 e. The lowest BCUT2D eigenvalue weighted by Gasteiger charge is -2.08. The van der Waals surface area contributed by atoms with E-state index in [1.807, 2.05) is 6.92 Å². The quantitative estimate of drug-likeness (QED) is 0.854. The van der Waals surface area contributed by atoms with Gasteiger partial charge in [0, 0.05) is 18.5 Å². The summed E-state index contributed by atoms with van der Waals surface area (Å²) >= 11 is 0. The van der Waals surface area contributed by atoms with Gasteiger partial charge in [0.15, 0.2) is 0 Å². The lowest BCUT2D eigenvalue weighted by atomic mass is 10.2. The number of benzene rings is 1. The number of halogens is 1. The number of pyridine rings is 1. The maximum absolute atomic E-state index is 13.5. The number of nitrogens with zero attached hydrogens (tertiary/aromatic N) is 1. The van der Waals surface area contributed by atoms with Gasteiger partial charge >= 0.3 is 0 Å². The molecule has 21 heavy (non-hydrogen) atoms. The van der Waals surface area contributed by atoms with Crippen LogP contribution >= 0.6 is 0 Å². The van der Waals surface area contributed by atoms with E-state index >= 15 is 0 Å². The van der Waals surface area contributed by atoms with E-state index in [1.165, 1.54) is 6.07 Å². The third kappa shape index (κ3) is 4.56. The van der Waals surface area contributed by atoms with Gasteiger partial charge in [-0.3, -0.25) is 4.79 Å². The van der Waals surface area contributed by atoms with E-state index in [1.54, 1.807) is 36.5 Å². The Labute approximate surface area is 123 Å². The number of aromatic nitrogens is 1. The fourth-order valence-corrected chi connectivity index (χ4v) is 1.85. The van der Waals surface area contributed by atoms with Crippen molar-refractivity contribution < 1.29 is 9.18 Å². The summed E-state index contributed by atoms with van der Waals surface area (Å²) in [6.07, 6.45) is 2.88. The molecule has 110 valence electrons. The zero-order valence-electron chi connectivity index (χ0n) is 11.9. The van der Waals surface area contributed by atoms with Gasteiger partial charge in [0.05, 0.1) is 11.9 Å². The van der Waals surface area contributed by atoms with Crippen molar-refractivity contribution in [3.8, 4) is 0 Å². The van der Waals surface area contributed by atoms with Crippen molar-refractivity contribution in [1.82, 2.24) is 4.98 Å². The van der Waals surface area contributed by atoms with Crippen LogP contribution in [0.25, 0.3) is 0 Å². The van der Waals surface area contributed by atoms with E-state index < -0.39 is 0 Å². The van der Waals surface area contributed by atoms with E-state index in [9.17, 15) is 9.18 Å². The molecular formula is C16H18FN3O. The Morgan fingerprint density at radius 3 is 2.71 bits per heavy atom. The highest BCUT2D eigenvalue weighted by atomic mass is 19.1. The predicted octanol–water partition coefficient (Wildman–Crippen LogP) is 3.57. The Morgan fingerprint density at radius 2 is 2.05 bits per heavy atom. The van der Waals surface area contributed by atoms with Gasteiger partial charge in [-0.25, -0.2) is 9.37 Å². The molecule has 1 heterocycles. The van der Waals surface area contributed by atoms with Gasteiger partial charge in [-0.1, -0.05) is 25.1 Å². The van der Waals surface area contributed by atoms with Gasteiger partial charge < -0.3 is 10.6 Å². The molecule has 1 amide bonds. The van der Waals surface area contributed by atoms with Crippen LogP contribution in [0.1, 0.15) is 25.3 Å². The molecule has 1 aromatic carbocycles. The van der Waals surface area contributed by atoms with Gasteiger partial charge in [0.2, 0.25) is 5.91 Å². The number of hydrogen-bond donors (Lipinski definition) is 2. The van der Waals surface area contributed by atoms with E-state index in [4.69, 9.17) is 0 Å². The van der Waals surface area contributed by atoms with E-state index in [0.29, 0.717) is 30.0 Å². The van der Waals surface area contributed by atoms with Crippen LogP contribution in [0.4, 0.5) is 15.9 Å². The summed E-state index contributed by atoms with van der Waals surface area (Å²) in [6.45, 7) is 2.31. The molecule has 0 fully saturated rings. The fraction of sp³-hybridized carbons (Fsp3) is 0.250. The molecule has 0 atom stereocenters. The molecule has 0 saturated heterocycles. The van der Waals surface area contributed by atoms with Crippen LogP contribution in [0.3, 0.4) is 0 Å². The van der Waals surface area contributed by atoms with Gasteiger partial charge in [0.25, 0.3) is 0 Å². The molecule has 2 N–H and O–H groups in total. The molecule has 0 aliphatic heterocycles. The first kappa shape index (κ1) is 15.0. The molecule has 0 radical (unpaired) electrons. The van der Waals surface area contributed by atoms with Crippen molar-refractivity contribution in [3.05, 3.63) is 54.0 Å². The molecule has 4 nitrogen and oxygen atoms in total. The Kier molecular flexibility index (Phi) is 5.26. The van der Waals surface area contributed by atoms with Crippen molar-refractivity contribution in [2.24, 2.45) is 0 Å². The Hall–Kier alpha value is -2.43. The molecule has 0 spiro atoms. The second-order valence-electron chi connectivity index (χ2n) is 4.68. The minimum atomic E-state index is -0.242. The summed E-state index contributed by atoms with van der Waals surface area (Å²) in [5.41, 5.74) is 1.24. The topological polar surface area (TPSA) is 54.0 Å². The van der Waals surface area contributed by atoms with E-state index in [0.717, 1.165) is 6.42 Å². The third-order valence-electron chi connectivity index (χ3n) is 2.94. The molecule has 2 aromatic rings. The SMILES string of the molecule is CCCC(=O)Nc1ccc(NCc2ccccc2F)nc1. The largest absolute Gasteiger partial charge is 0.366 e. The normalized spacial score (nSPS) is 10.2. The van der Waals surface area contributed by atoms with Crippen LogP contribution < -0.4 is 10.6 Å². The Bertz CT molecular complexity index is 599. The first-order chi connectivity index (χ1) is 10.2. The summed E-state index contributed by atoms with van der Waals surface area (Å²) in [4.78, 5) is 15.6. The minimum Gasteiger partial charge on any atom is -0.366 e. The molecule has 5 heteroatoms. The molecule has 0 unspecified atom stereocenters. The van der Waals surface area contributed by atoms with Crippen LogP contribution in [0.15, 0.2) is 42.6 Å². The van der Waals surface area contributed by atoms with Gasteiger partial charge in [-0.2, -0.15) is 0 Å². The molecule has 1 aromatic heterocycles. The zero-order chi connectivity index (χ0) is 15.1. The van der Waals surface area contributed by atoms with E-state index in [2.05, 4.69) is 15.6 Å². The van der Waals surface area contributed by atoms with Crippen molar-refractivity contribution in [2.45, 2.75) is 26.3 Å². The fourth-order valence-electron chi connectivity index (χ4n) is 1.85. The average molecular weight is 287 g/mol. The molecule has 0 bridgehead atoms. The third-order valence-corrected chi connectivity index (χ3v) is 2.94. The summed E-state index contributed by atoms with van der Waals surface area (Å²) < 4.78 is 13.5.